The number of ether oxygens (including phenoxy) is 1. The van der Waals surface area contributed by atoms with E-state index in [1.807, 2.05) is 0 Å². The van der Waals surface area contributed by atoms with Crippen molar-refractivity contribution in [2.75, 3.05) is 6.61 Å². The summed E-state index contributed by atoms with van der Waals surface area (Å²) in [5.74, 6) is -0.493. The molecular weight excluding hydrogens is 671 g/mol. The van der Waals surface area contributed by atoms with Crippen LogP contribution < -0.4 is 5.32 Å². The van der Waals surface area contributed by atoms with Crippen molar-refractivity contribution in [1.82, 2.24) is 5.32 Å². The first kappa shape index (κ1) is 52.1. The third-order valence-electron chi connectivity index (χ3n) is 10.5. The van der Waals surface area contributed by atoms with Gasteiger partial charge in [-0.1, -0.05) is 198 Å². The molecule has 0 aromatic rings. The lowest BCUT2D eigenvalue weighted by atomic mass is 10.0. The molecule has 1 amide bonds. The number of unbranched alkanes of at least 4 members (excludes halogenated alkanes) is 23. The van der Waals surface area contributed by atoms with Crippen LogP contribution in [-0.4, -0.2) is 46.9 Å². The van der Waals surface area contributed by atoms with Gasteiger partial charge < -0.3 is 20.3 Å². The summed E-state index contributed by atoms with van der Waals surface area (Å²) in [6.07, 6.45) is 47.7. The minimum atomic E-state index is -0.789. The van der Waals surface area contributed by atoms with Gasteiger partial charge in [0.05, 0.1) is 25.2 Å². The highest BCUT2D eigenvalue weighted by Crippen LogP contribution is 2.17. The molecule has 3 N–H and O–H groups in total. The van der Waals surface area contributed by atoms with E-state index in [0.29, 0.717) is 19.3 Å². The fourth-order valence-corrected chi connectivity index (χ4v) is 6.97. The highest BCUT2D eigenvalue weighted by molar-refractivity contribution is 5.77. The van der Waals surface area contributed by atoms with Crippen LogP contribution in [0.4, 0.5) is 0 Å². The summed E-state index contributed by atoms with van der Waals surface area (Å²) in [7, 11) is 0. The van der Waals surface area contributed by atoms with Crippen LogP contribution in [0.1, 0.15) is 233 Å². The molecule has 0 aromatic heterocycles. The maximum atomic E-state index is 13.1. The Labute approximate surface area is 334 Å². The Morgan fingerprint density at radius 2 is 1.00 bits per heavy atom. The van der Waals surface area contributed by atoms with Crippen molar-refractivity contribution in [2.24, 2.45) is 0 Å². The molecular formula is C48H89NO5. The molecule has 0 bridgehead atoms. The van der Waals surface area contributed by atoms with Crippen LogP contribution in [0.5, 0.6) is 0 Å². The molecule has 0 aliphatic carbocycles. The van der Waals surface area contributed by atoms with Gasteiger partial charge in [-0.2, -0.15) is 0 Å². The third kappa shape index (κ3) is 37.0. The first-order valence-electron chi connectivity index (χ1n) is 23.2. The van der Waals surface area contributed by atoms with E-state index in [2.05, 4.69) is 62.5 Å². The van der Waals surface area contributed by atoms with Gasteiger partial charge in [-0.05, 0) is 57.8 Å². The molecule has 0 aliphatic heterocycles. The zero-order valence-corrected chi connectivity index (χ0v) is 35.9. The fraction of sp³-hybridized carbons (Fsp3) is 0.833. The Morgan fingerprint density at radius 1 is 0.556 bits per heavy atom. The number of carbonyl (C=O) groups is 2. The lowest BCUT2D eigenvalue weighted by Crippen LogP contribution is -2.46. The van der Waals surface area contributed by atoms with E-state index in [1.54, 1.807) is 0 Å². The summed E-state index contributed by atoms with van der Waals surface area (Å²) in [6, 6.07) is -0.704. The normalized spacial score (nSPS) is 13.6. The molecule has 316 valence electrons. The molecule has 6 nitrogen and oxygen atoms in total. The topological polar surface area (TPSA) is 95.9 Å². The quantitative estimate of drug-likeness (QED) is 0.0328. The van der Waals surface area contributed by atoms with E-state index < -0.39 is 18.2 Å². The zero-order valence-electron chi connectivity index (χ0n) is 35.9. The monoisotopic (exact) mass is 760 g/mol. The van der Waals surface area contributed by atoms with Gasteiger partial charge in [0.25, 0.3) is 0 Å². The summed E-state index contributed by atoms with van der Waals surface area (Å²) in [5, 5.41) is 23.6. The molecule has 0 heterocycles. The van der Waals surface area contributed by atoms with Crippen LogP contribution in [0.25, 0.3) is 0 Å². The Hall–Kier alpha value is -1.92. The van der Waals surface area contributed by atoms with Crippen LogP contribution in [0.15, 0.2) is 36.5 Å². The van der Waals surface area contributed by atoms with Gasteiger partial charge in [-0.15, -0.1) is 0 Å². The summed E-state index contributed by atoms with van der Waals surface area (Å²) >= 11 is 0. The number of aliphatic hydroxyl groups excluding tert-OH is 2. The summed E-state index contributed by atoms with van der Waals surface area (Å²) < 4.78 is 5.89. The molecule has 0 rings (SSSR count). The molecule has 6 heteroatoms. The SMILES string of the molecule is CC/C=C/C/C=C/C/C=C/CCCCCCC(CC(=O)NC(CO)C(O)CCCCCCCCCCCCC)OC(=O)CCCCCCCCCCCC. The van der Waals surface area contributed by atoms with Gasteiger partial charge in [0.2, 0.25) is 5.91 Å². The van der Waals surface area contributed by atoms with Crippen molar-refractivity contribution < 1.29 is 24.5 Å². The fourth-order valence-electron chi connectivity index (χ4n) is 6.97. The van der Waals surface area contributed by atoms with Crippen LogP contribution in [0.3, 0.4) is 0 Å². The molecule has 0 saturated heterocycles. The van der Waals surface area contributed by atoms with Crippen LogP contribution >= 0.6 is 0 Å². The predicted molar refractivity (Wildman–Crippen MR) is 232 cm³/mol. The van der Waals surface area contributed by atoms with Crippen molar-refractivity contribution in [3.8, 4) is 0 Å². The second-order valence-electron chi connectivity index (χ2n) is 15.8. The number of carbonyl (C=O) groups excluding carboxylic acids is 2. The Kier molecular flexibility index (Phi) is 40.7. The molecule has 54 heavy (non-hydrogen) atoms. The van der Waals surface area contributed by atoms with Crippen molar-refractivity contribution in [3.63, 3.8) is 0 Å². The number of hydrogen-bond acceptors (Lipinski definition) is 5. The molecule has 3 unspecified atom stereocenters. The number of aliphatic hydroxyl groups is 2. The number of allylic oxidation sites excluding steroid dienone is 6. The molecule has 0 spiro atoms. The lowest BCUT2D eigenvalue weighted by molar-refractivity contribution is -0.151. The largest absolute Gasteiger partial charge is 0.462 e. The Bertz CT molecular complexity index is 900. The van der Waals surface area contributed by atoms with E-state index in [-0.39, 0.29) is 24.9 Å². The second kappa shape index (κ2) is 42.2. The van der Waals surface area contributed by atoms with Gasteiger partial charge in [-0.25, -0.2) is 0 Å². The zero-order chi connectivity index (χ0) is 39.6. The van der Waals surface area contributed by atoms with Crippen molar-refractivity contribution in [3.05, 3.63) is 36.5 Å². The van der Waals surface area contributed by atoms with Crippen molar-refractivity contribution in [1.29, 1.82) is 0 Å². The molecule has 0 aliphatic rings. The number of hydrogen-bond donors (Lipinski definition) is 3. The number of amides is 1. The summed E-state index contributed by atoms with van der Waals surface area (Å²) in [5.41, 5.74) is 0. The highest BCUT2D eigenvalue weighted by Gasteiger charge is 2.24. The summed E-state index contributed by atoms with van der Waals surface area (Å²) in [4.78, 5) is 26.0. The number of esters is 1. The van der Waals surface area contributed by atoms with E-state index >= 15 is 0 Å². The predicted octanol–water partition coefficient (Wildman–Crippen LogP) is 13.3. The van der Waals surface area contributed by atoms with E-state index in [1.165, 1.54) is 96.3 Å². The maximum absolute atomic E-state index is 13.1. The molecule has 0 saturated carbocycles. The third-order valence-corrected chi connectivity index (χ3v) is 10.5. The molecule has 0 fully saturated rings. The van der Waals surface area contributed by atoms with Gasteiger partial charge in [0, 0.05) is 6.42 Å². The van der Waals surface area contributed by atoms with Gasteiger partial charge in [-0.3, -0.25) is 9.59 Å². The minimum absolute atomic E-state index is 0.0654. The molecule has 3 atom stereocenters. The van der Waals surface area contributed by atoms with Crippen LogP contribution in [0.2, 0.25) is 0 Å². The highest BCUT2D eigenvalue weighted by atomic mass is 16.5. The van der Waals surface area contributed by atoms with Crippen LogP contribution in [-0.2, 0) is 14.3 Å². The van der Waals surface area contributed by atoms with E-state index in [4.69, 9.17) is 4.74 Å². The number of nitrogens with one attached hydrogen (secondary N) is 1. The van der Waals surface area contributed by atoms with E-state index in [9.17, 15) is 19.8 Å². The maximum Gasteiger partial charge on any atom is 0.306 e. The first-order valence-corrected chi connectivity index (χ1v) is 23.2. The Balaban J connectivity index is 4.63. The molecule has 0 aromatic carbocycles. The minimum Gasteiger partial charge on any atom is -0.462 e. The first-order chi connectivity index (χ1) is 26.5. The average Bonchev–Trinajstić information content (AvgIpc) is 3.16. The van der Waals surface area contributed by atoms with E-state index in [0.717, 1.165) is 89.9 Å². The lowest BCUT2D eigenvalue weighted by Gasteiger charge is -2.24. The second-order valence-corrected chi connectivity index (χ2v) is 15.8. The van der Waals surface area contributed by atoms with Crippen molar-refractivity contribution >= 4 is 11.9 Å². The smallest absolute Gasteiger partial charge is 0.306 e. The summed E-state index contributed by atoms with van der Waals surface area (Å²) in [6.45, 7) is 6.34. The number of rotatable bonds is 41. The average molecular weight is 760 g/mol. The Morgan fingerprint density at radius 3 is 1.52 bits per heavy atom. The standard InChI is InChI=1S/C48H89NO5/c1-4-7-10-13-16-19-22-23-24-26-27-30-33-36-39-44(54-48(53)41-38-35-32-29-21-18-15-12-9-6-3)42-47(52)49-45(43-50)46(51)40-37-34-31-28-25-20-17-14-11-8-5-2/h7,10,16,19,23-24,44-46,50-51H,4-6,8-9,11-15,17-18,20-22,25-43H2,1-3H3,(H,49,52)/b10-7+,19-16+,24-23+. The van der Waals surface area contributed by atoms with Gasteiger partial charge >= 0.3 is 5.97 Å². The molecule has 0 radical (unpaired) electrons. The van der Waals surface area contributed by atoms with Crippen molar-refractivity contribution in [2.45, 2.75) is 251 Å². The van der Waals surface area contributed by atoms with Gasteiger partial charge in [0.1, 0.15) is 6.10 Å². The van der Waals surface area contributed by atoms with Gasteiger partial charge in [0.15, 0.2) is 0 Å². The van der Waals surface area contributed by atoms with Crippen LogP contribution in [0, 0.1) is 0 Å².